The quantitative estimate of drug-likeness (QED) is 0.719. The molecule has 1 atom stereocenters. The highest BCUT2D eigenvalue weighted by Gasteiger charge is 2.32. The lowest BCUT2D eigenvalue weighted by atomic mass is 9.85. The van der Waals surface area contributed by atoms with Gasteiger partial charge in [-0.2, -0.15) is 0 Å². The van der Waals surface area contributed by atoms with E-state index in [0.717, 1.165) is 11.1 Å². The van der Waals surface area contributed by atoms with Crippen molar-refractivity contribution in [3.8, 4) is 0 Å². The number of rotatable bonds is 6. The molecule has 2 N–H and O–H groups in total. The number of aliphatic carboxylic acids is 1. The van der Waals surface area contributed by atoms with Gasteiger partial charge in [-0.15, -0.1) is 0 Å². The second-order valence-corrected chi connectivity index (χ2v) is 5.83. The molecule has 1 aromatic heterocycles. The third-order valence-electron chi connectivity index (χ3n) is 4.13. The van der Waals surface area contributed by atoms with Gasteiger partial charge in [0.25, 0.3) is 5.91 Å². The maximum atomic E-state index is 12.5. The first-order chi connectivity index (χ1) is 12.7. The van der Waals surface area contributed by atoms with Crippen LogP contribution in [-0.2, 0) is 4.79 Å². The highest BCUT2D eigenvalue weighted by molar-refractivity contribution is 5.96. The van der Waals surface area contributed by atoms with Crippen LogP contribution >= 0.6 is 0 Å². The molecule has 0 spiro atoms. The normalized spacial score (nSPS) is 11.7. The lowest BCUT2D eigenvalue weighted by Gasteiger charge is -2.26. The number of nitrogens with one attached hydrogen (secondary N) is 1. The fourth-order valence-electron chi connectivity index (χ4n) is 2.91. The standard InChI is InChI=1S/C21H18N2O3/c24-20(17-12-7-13-22-14-17)23-19(21(25)26)18(15-8-3-1-4-9-15)16-10-5-2-6-11-16/h1-14,18-19H,(H,23,24)(H,25,26)/t19-/m0/s1. The molecule has 0 bridgehead atoms. The Balaban J connectivity index is 1.99. The summed E-state index contributed by atoms with van der Waals surface area (Å²) in [4.78, 5) is 28.4. The Morgan fingerprint density at radius 2 is 1.42 bits per heavy atom. The molecule has 0 fully saturated rings. The molecule has 5 nitrogen and oxygen atoms in total. The Labute approximate surface area is 151 Å². The fraction of sp³-hybridized carbons (Fsp3) is 0.0952. The molecule has 0 saturated heterocycles. The lowest BCUT2D eigenvalue weighted by molar-refractivity contribution is -0.139. The average Bonchev–Trinajstić information content (AvgIpc) is 2.69. The zero-order valence-corrected chi connectivity index (χ0v) is 13.9. The average molecular weight is 346 g/mol. The van der Waals surface area contributed by atoms with Gasteiger partial charge < -0.3 is 10.4 Å². The highest BCUT2D eigenvalue weighted by Crippen LogP contribution is 2.28. The first-order valence-corrected chi connectivity index (χ1v) is 8.20. The van der Waals surface area contributed by atoms with Gasteiger partial charge in [0.1, 0.15) is 6.04 Å². The predicted octanol–water partition coefficient (Wildman–Crippen LogP) is 3.10. The second-order valence-electron chi connectivity index (χ2n) is 5.83. The number of carboxylic acid groups (broad SMARTS) is 1. The van der Waals surface area contributed by atoms with E-state index in [9.17, 15) is 14.7 Å². The van der Waals surface area contributed by atoms with Crippen LogP contribution < -0.4 is 5.32 Å². The van der Waals surface area contributed by atoms with Crippen molar-refractivity contribution >= 4 is 11.9 Å². The Kier molecular flexibility index (Phi) is 5.39. The van der Waals surface area contributed by atoms with Crippen molar-refractivity contribution in [3.05, 3.63) is 102 Å². The number of carboxylic acids is 1. The number of hydrogen-bond acceptors (Lipinski definition) is 3. The monoisotopic (exact) mass is 346 g/mol. The minimum Gasteiger partial charge on any atom is -0.480 e. The molecule has 0 aliphatic heterocycles. The van der Waals surface area contributed by atoms with Crippen molar-refractivity contribution in [1.29, 1.82) is 0 Å². The lowest BCUT2D eigenvalue weighted by Crippen LogP contribution is -2.45. The van der Waals surface area contributed by atoms with Crippen LogP contribution in [0.2, 0.25) is 0 Å². The Hall–Kier alpha value is -3.47. The summed E-state index contributed by atoms with van der Waals surface area (Å²) in [6.07, 6.45) is 2.97. The molecule has 3 rings (SSSR count). The zero-order chi connectivity index (χ0) is 18.4. The number of hydrogen-bond donors (Lipinski definition) is 2. The minimum atomic E-state index is -1.12. The molecule has 0 unspecified atom stereocenters. The summed E-state index contributed by atoms with van der Waals surface area (Å²) in [5, 5.41) is 12.5. The van der Waals surface area contributed by atoms with E-state index in [1.54, 1.807) is 18.3 Å². The third-order valence-corrected chi connectivity index (χ3v) is 4.13. The summed E-state index contributed by atoms with van der Waals surface area (Å²) in [5.74, 6) is -2.09. The molecule has 0 aliphatic rings. The Morgan fingerprint density at radius 1 is 0.846 bits per heavy atom. The van der Waals surface area contributed by atoms with Crippen LogP contribution in [0.25, 0.3) is 0 Å². The molecule has 0 radical (unpaired) electrons. The predicted molar refractivity (Wildman–Crippen MR) is 97.9 cm³/mol. The van der Waals surface area contributed by atoms with Crippen molar-refractivity contribution < 1.29 is 14.7 Å². The van der Waals surface area contributed by atoms with Gasteiger partial charge >= 0.3 is 5.97 Å². The molecule has 26 heavy (non-hydrogen) atoms. The summed E-state index contributed by atoms with van der Waals surface area (Å²) >= 11 is 0. The molecule has 1 amide bonds. The first kappa shape index (κ1) is 17.4. The van der Waals surface area contributed by atoms with E-state index in [0.29, 0.717) is 5.56 Å². The van der Waals surface area contributed by atoms with Crippen LogP contribution in [0, 0.1) is 0 Å². The summed E-state index contributed by atoms with van der Waals surface area (Å²) in [5.41, 5.74) is 1.95. The van der Waals surface area contributed by atoms with Gasteiger partial charge in [-0.3, -0.25) is 9.78 Å². The number of nitrogens with zero attached hydrogens (tertiary/aromatic N) is 1. The number of pyridine rings is 1. The van der Waals surface area contributed by atoms with Crippen LogP contribution in [-0.4, -0.2) is 28.0 Å². The maximum absolute atomic E-state index is 12.5. The van der Waals surface area contributed by atoms with Gasteiger partial charge in [-0.1, -0.05) is 60.7 Å². The van der Waals surface area contributed by atoms with Crippen LogP contribution in [0.4, 0.5) is 0 Å². The van der Waals surface area contributed by atoms with Crippen molar-refractivity contribution in [2.45, 2.75) is 12.0 Å². The van der Waals surface area contributed by atoms with E-state index in [2.05, 4.69) is 10.3 Å². The van der Waals surface area contributed by atoms with Gasteiger partial charge in [-0.25, -0.2) is 4.79 Å². The molecule has 2 aromatic carbocycles. The zero-order valence-electron chi connectivity index (χ0n) is 13.9. The fourth-order valence-corrected chi connectivity index (χ4v) is 2.91. The van der Waals surface area contributed by atoms with Gasteiger partial charge in [0.2, 0.25) is 0 Å². The molecule has 5 heteroatoms. The number of aromatic nitrogens is 1. The minimum absolute atomic E-state index is 0.318. The van der Waals surface area contributed by atoms with E-state index in [-0.39, 0.29) is 0 Å². The van der Waals surface area contributed by atoms with Gasteiger partial charge in [-0.05, 0) is 23.3 Å². The van der Waals surface area contributed by atoms with E-state index in [4.69, 9.17) is 0 Å². The van der Waals surface area contributed by atoms with E-state index in [1.807, 2.05) is 60.7 Å². The van der Waals surface area contributed by atoms with Crippen LogP contribution in [0.15, 0.2) is 85.2 Å². The number of carbonyl (C=O) groups excluding carboxylic acids is 1. The topological polar surface area (TPSA) is 79.3 Å². The smallest absolute Gasteiger partial charge is 0.327 e. The van der Waals surface area contributed by atoms with Crippen LogP contribution in [0.1, 0.15) is 27.4 Å². The molecular weight excluding hydrogens is 328 g/mol. The SMILES string of the molecule is O=C(N[C@H](C(=O)O)C(c1ccccc1)c1ccccc1)c1cccnc1. The van der Waals surface area contributed by atoms with Crippen LogP contribution in [0.3, 0.4) is 0 Å². The third kappa shape index (κ3) is 3.95. The van der Waals surface area contributed by atoms with Crippen LogP contribution in [0.5, 0.6) is 0 Å². The summed E-state index contributed by atoms with van der Waals surface area (Å²) < 4.78 is 0. The summed E-state index contributed by atoms with van der Waals surface area (Å²) in [7, 11) is 0. The number of benzene rings is 2. The van der Waals surface area contributed by atoms with E-state index in [1.165, 1.54) is 6.20 Å². The van der Waals surface area contributed by atoms with E-state index >= 15 is 0 Å². The largest absolute Gasteiger partial charge is 0.480 e. The Morgan fingerprint density at radius 3 is 1.88 bits per heavy atom. The molecular formula is C21H18N2O3. The van der Waals surface area contributed by atoms with Gasteiger partial charge in [0, 0.05) is 18.3 Å². The maximum Gasteiger partial charge on any atom is 0.327 e. The Bertz CT molecular complexity index is 828. The summed E-state index contributed by atoms with van der Waals surface area (Å²) in [6, 6.07) is 20.7. The van der Waals surface area contributed by atoms with Crippen molar-refractivity contribution in [2.24, 2.45) is 0 Å². The number of amides is 1. The van der Waals surface area contributed by atoms with E-state index < -0.39 is 23.8 Å². The number of carbonyl (C=O) groups is 2. The molecule has 3 aromatic rings. The molecule has 130 valence electrons. The van der Waals surface area contributed by atoms with Crippen molar-refractivity contribution in [1.82, 2.24) is 10.3 Å². The van der Waals surface area contributed by atoms with Crippen molar-refractivity contribution in [2.75, 3.05) is 0 Å². The molecule has 1 heterocycles. The van der Waals surface area contributed by atoms with Crippen molar-refractivity contribution in [3.63, 3.8) is 0 Å². The highest BCUT2D eigenvalue weighted by atomic mass is 16.4. The first-order valence-electron chi connectivity index (χ1n) is 8.20. The molecule has 0 saturated carbocycles. The summed E-state index contributed by atoms with van der Waals surface area (Å²) in [6.45, 7) is 0. The molecule has 0 aliphatic carbocycles. The van der Waals surface area contributed by atoms with Gasteiger partial charge in [0.05, 0.1) is 5.56 Å². The van der Waals surface area contributed by atoms with Gasteiger partial charge in [0.15, 0.2) is 0 Å². The second kappa shape index (κ2) is 8.07.